The van der Waals surface area contributed by atoms with E-state index in [1.807, 2.05) is 12.1 Å². The molecule has 2 heteroatoms. The Morgan fingerprint density at radius 3 is 2.80 bits per heavy atom. The minimum Gasteiger partial charge on any atom is -0.496 e. The first-order valence-electron chi connectivity index (χ1n) is 5.46. The summed E-state index contributed by atoms with van der Waals surface area (Å²) >= 11 is 0. The average Bonchev–Trinajstić information content (AvgIpc) is 3.04. The number of benzene rings is 1. The summed E-state index contributed by atoms with van der Waals surface area (Å²) in [7, 11) is 1.73. The smallest absolute Gasteiger partial charge is 0.128 e. The van der Waals surface area contributed by atoms with Crippen molar-refractivity contribution in [2.75, 3.05) is 7.11 Å². The molecular weight excluding hydrogens is 186 g/mol. The average molecular weight is 201 g/mol. The lowest BCUT2D eigenvalue weighted by molar-refractivity contribution is 0.419. The van der Waals surface area contributed by atoms with Crippen LogP contribution in [0.3, 0.4) is 0 Å². The normalized spacial score (nSPS) is 15.9. The summed E-state index contributed by atoms with van der Waals surface area (Å²) < 4.78 is 5.40. The lowest BCUT2D eigenvalue weighted by Crippen LogP contribution is -1.84. The zero-order valence-electron chi connectivity index (χ0n) is 9.13. The molecule has 0 aliphatic heterocycles. The van der Waals surface area contributed by atoms with Crippen LogP contribution in [0.1, 0.15) is 30.0 Å². The molecule has 0 spiro atoms. The molecule has 1 N–H and O–H groups in total. The molecule has 1 aliphatic carbocycles. The van der Waals surface area contributed by atoms with E-state index in [0.29, 0.717) is 0 Å². The highest BCUT2D eigenvalue weighted by molar-refractivity contribution is 5.90. The molecular formula is C13H15NO. The zero-order valence-corrected chi connectivity index (χ0v) is 9.13. The highest BCUT2D eigenvalue weighted by Gasteiger charge is 2.28. The molecule has 1 aromatic carbocycles. The third-order valence-corrected chi connectivity index (χ3v) is 3.28. The van der Waals surface area contributed by atoms with Crippen molar-refractivity contribution in [1.29, 1.82) is 0 Å². The maximum atomic E-state index is 5.40. The lowest BCUT2D eigenvalue weighted by Gasteiger charge is -2.02. The Bertz CT molecular complexity index is 508. The molecule has 0 amide bonds. The van der Waals surface area contributed by atoms with Gasteiger partial charge in [0.05, 0.1) is 7.11 Å². The van der Waals surface area contributed by atoms with E-state index in [1.54, 1.807) is 7.11 Å². The van der Waals surface area contributed by atoms with Gasteiger partial charge in [0, 0.05) is 16.6 Å². The van der Waals surface area contributed by atoms with Crippen molar-refractivity contribution in [2.45, 2.75) is 25.7 Å². The van der Waals surface area contributed by atoms with Gasteiger partial charge in [0.2, 0.25) is 0 Å². The van der Waals surface area contributed by atoms with E-state index in [0.717, 1.165) is 11.7 Å². The number of rotatable bonds is 2. The molecule has 3 rings (SSSR count). The van der Waals surface area contributed by atoms with Crippen molar-refractivity contribution in [1.82, 2.24) is 4.98 Å². The van der Waals surface area contributed by atoms with Gasteiger partial charge in [-0.2, -0.15) is 0 Å². The first-order chi connectivity index (χ1) is 7.31. The van der Waals surface area contributed by atoms with E-state index in [-0.39, 0.29) is 0 Å². The van der Waals surface area contributed by atoms with Crippen LogP contribution >= 0.6 is 0 Å². The molecule has 1 saturated carbocycles. The number of methoxy groups -OCH3 is 1. The number of hydrogen-bond donors (Lipinski definition) is 1. The van der Waals surface area contributed by atoms with E-state index in [4.69, 9.17) is 4.74 Å². The Balaban J connectivity index is 2.29. The highest BCUT2D eigenvalue weighted by Crippen LogP contribution is 2.44. The van der Waals surface area contributed by atoms with E-state index in [2.05, 4.69) is 18.0 Å². The summed E-state index contributed by atoms with van der Waals surface area (Å²) in [4.78, 5) is 3.52. The Kier molecular flexibility index (Phi) is 1.78. The molecule has 2 aromatic rings. The van der Waals surface area contributed by atoms with Gasteiger partial charge in [-0.1, -0.05) is 6.07 Å². The van der Waals surface area contributed by atoms with Gasteiger partial charge >= 0.3 is 0 Å². The predicted molar refractivity (Wildman–Crippen MR) is 61.6 cm³/mol. The number of aryl methyl sites for hydroxylation is 1. The monoisotopic (exact) mass is 201 g/mol. The number of aromatic amines is 1. The predicted octanol–water partition coefficient (Wildman–Crippen LogP) is 3.36. The second kappa shape index (κ2) is 3.02. The number of fused-ring (bicyclic) bond motifs is 1. The molecule has 0 radical (unpaired) electrons. The lowest BCUT2D eigenvalue weighted by atomic mass is 10.1. The standard InChI is InChI=1S/C13H15NO/c1-8-12-10(4-3-5-11(12)15-2)14-13(8)9-6-7-9/h3-5,9,14H,6-7H2,1-2H3. The fourth-order valence-corrected chi connectivity index (χ4v) is 2.35. The third-order valence-electron chi connectivity index (χ3n) is 3.28. The Morgan fingerprint density at radius 2 is 2.13 bits per heavy atom. The van der Waals surface area contributed by atoms with Crippen LogP contribution in [0.2, 0.25) is 0 Å². The molecule has 1 aromatic heterocycles. The van der Waals surface area contributed by atoms with E-state index in [9.17, 15) is 0 Å². The molecule has 0 bridgehead atoms. The van der Waals surface area contributed by atoms with Gasteiger partial charge in [0.25, 0.3) is 0 Å². The van der Waals surface area contributed by atoms with Gasteiger partial charge in [-0.25, -0.2) is 0 Å². The second-order valence-electron chi connectivity index (χ2n) is 4.32. The molecule has 0 atom stereocenters. The quantitative estimate of drug-likeness (QED) is 0.791. The number of aromatic nitrogens is 1. The third kappa shape index (κ3) is 1.24. The minimum absolute atomic E-state index is 0.766. The fraction of sp³-hybridized carbons (Fsp3) is 0.385. The molecule has 1 fully saturated rings. The SMILES string of the molecule is COc1cccc2[nH]c(C3CC3)c(C)c12. The summed E-state index contributed by atoms with van der Waals surface area (Å²) in [6.07, 6.45) is 2.66. The van der Waals surface area contributed by atoms with Gasteiger partial charge in [-0.15, -0.1) is 0 Å². The maximum Gasteiger partial charge on any atom is 0.128 e. The van der Waals surface area contributed by atoms with Crippen LogP contribution in [0.4, 0.5) is 0 Å². The Hall–Kier alpha value is -1.44. The van der Waals surface area contributed by atoms with Gasteiger partial charge in [-0.05, 0) is 43.4 Å². The van der Waals surface area contributed by atoms with Crippen molar-refractivity contribution in [3.8, 4) is 5.75 Å². The summed E-state index contributed by atoms with van der Waals surface area (Å²) in [5.74, 6) is 1.75. The fourth-order valence-electron chi connectivity index (χ4n) is 2.35. The van der Waals surface area contributed by atoms with Crippen molar-refractivity contribution < 1.29 is 4.74 Å². The first-order valence-corrected chi connectivity index (χ1v) is 5.46. The van der Waals surface area contributed by atoms with Crippen LogP contribution in [0.25, 0.3) is 10.9 Å². The second-order valence-corrected chi connectivity index (χ2v) is 4.32. The van der Waals surface area contributed by atoms with Crippen molar-refractivity contribution >= 4 is 10.9 Å². The molecule has 0 unspecified atom stereocenters. The maximum absolute atomic E-state index is 5.40. The van der Waals surface area contributed by atoms with Crippen molar-refractivity contribution in [3.63, 3.8) is 0 Å². The molecule has 15 heavy (non-hydrogen) atoms. The van der Waals surface area contributed by atoms with Crippen LogP contribution < -0.4 is 4.74 Å². The highest BCUT2D eigenvalue weighted by atomic mass is 16.5. The molecule has 2 nitrogen and oxygen atoms in total. The summed E-state index contributed by atoms with van der Waals surface area (Å²) in [6.45, 7) is 2.19. The molecule has 0 saturated heterocycles. The molecule has 1 heterocycles. The Labute approximate surface area is 89.3 Å². The van der Waals surface area contributed by atoms with Gasteiger partial charge in [-0.3, -0.25) is 0 Å². The largest absolute Gasteiger partial charge is 0.496 e. The zero-order chi connectivity index (χ0) is 10.4. The van der Waals surface area contributed by atoms with Crippen molar-refractivity contribution in [3.05, 3.63) is 29.5 Å². The number of nitrogens with one attached hydrogen (secondary N) is 1. The van der Waals surface area contributed by atoms with Crippen LogP contribution in [0.5, 0.6) is 5.75 Å². The Morgan fingerprint density at radius 1 is 1.33 bits per heavy atom. The van der Waals surface area contributed by atoms with E-state index in [1.165, 1.54) is 35.0 Å². The minimum atomic E-state index is 0.766. The van der Waals surface area contributed by atoms with Gasteiger partial charge < -0.3 is 9.72 Å². The number of hydrogen-bond acceptors (Lipinski definition) is 1. The number of ether oxygens (including phenoxy) is 1. The molecule has 78 valence electrons. The molecule has 1 aliphatic rings. The first kappa shape index (κ1) is 8.84. The van der Waals surface area contributed by atoms with Gasteiger partial charge in [0.15, 0.2) is 0 Å². The van der Waals surface area contributed by atoms with Crippen LogP contribution in [0, 0.1) is 6.92 Å². The van der Waals surface area contributed by atoms with Gasteiger partial charge in [0.1, 0.15) is 5.75 Å². The topological polar surface area (TPSA) is 25.0 Å². The van der Waals surface area contributed by atoms with E-state index < -0.39 is 0 Å². The summed E-state index contributed by atoms with van der Waals surface area (Å²) in [5, 5.41) is 1.25. The van der Waals surface area contributed by atoms with Crippen LogP contribution in [0.15, 0.2) is 18.2 Å². The van der Waals surface area contributed by atoms with Crippen LogP contribution in [-0.2, 0) is 0 Å². The summed E-state index contributed by atoms with van der Waals surface area (Å²) in [5.41, 5.74) is 3.98. The van der Waals surface area contributed by atoms with Crippen LogP contribution in [-0.4, -0.2) is 12.1 Å². The number of H-pyrrole nitrogens is 1. The summed E-state index contributed by atoms with van der Waals surface area (Å²) in [6, 6.07) is 6.18. The van der Waals surface area contributed by atoms with Crippen molar-refractivity contribution in [2.24, 2.45) is 0 Å². The van der Waals surface area contributed by atoms with E-state index >= 15 is 0 Å².